The number of halogens is 3. The predicted octanol–water partition coefficient (Wildman–Crippen LogP) is 3.57. The maximum atomic E-state index is 12.7. The van der Waals surface area contributed by atoms with Crippen molar-refractivity contribution in [3.05, 3.63) is 47.7 Å². The Kier molecular flexibility index (Phi) is 4.31. The molecule has 0 saturated carbocycles. The molecule has 0 amide bonds. The summed E-state index contributed by atoms with van der Waals surface area (Å²) in [5.74, 6) is 0. The summed E-state index contributed by atoms with van der Waals surface area (Å²) < 4.78 is 38.0. The summed E-state index contributed by atoms with van der Waals surface area (Å²) in [6.07, 6.45) is -3.44. The van der Waals surface area contributed by atoms with Crippen molar-refractivity contribution in [1.82, 2.24) is 5.01 Å². The van der Waals surface area contributed by atoms with Crippen LogP contribution >= 0.6 is 0 Å². The van der Waals surface area contributed by atoms with Crippen LogP contribution in [0.4, 0.5) is 13.2 Å². The standard InChI is InChI=1S/C12H13F3N2/c1-3-11(12(13,14)15)17(16-2)9-10-7-5-4-6-8-10/h3-8H,2,9H2,1H3/b11-3-. The molecule has 1 aromatic carbocycles. The summed E-state index contributed by atoms with van der Waals surface area (Å²) in [7, 11) is 0. The summed E-state index contributed by atoms with van der Waals surface area (Å²) in [6.45, 7) is 4.55. The fourth-order valence-electron chi connectivity index (χ4n) is 1.43. The molecule has 0 N–H and O–H groups in total. The molecule has 0 aliphatic rings. The normalized spacial score (nSPS) is 12.4. The zero-order valence-electron chi connectivity index (χ0n) is 9.41. The van der Waals surface area contributed by atoms with Crippen LogP contribution in [0.25, 0.3) is 0 Å². The molecule has 0 saturated heterocycles. The van der Waals surface area contributed by atoms with Crippen LogP contribution in [0.1, 0.15) is 12.5 Å². The first-order valence-electron chi connectivity index (χ1n) is 5.00. The number of benzene rings is 1. The van der Waals surface area contributed by atoms with E-state index in [1.165, 1.54) is 6.92 Å². The highest BCUT2D eigenvalue weighted by molar-refractivity contribution is 5.25. The Labute approximate surface area is 98.1 Å². The highest BCUT2D eigenvalue weighted by Gasteiger charge is 2.37. The van der Waals surface area contributed by atoms with E-state index in [1.807, 2.05) is 0 Å². The van der Waals surface area contributed by atoms with Gasteiger partial charge in [0.15, 0.2) is 0 Å². The molecule has 1 aromatic rings. The zero-order chi connectivity index (χ0) is 12.9. The molecule has 0 spiro atoms. The van der Waals surface area contributed by atoms with Crippen LogP contribution in [0.15, 0.2) is 47.2 Å². The van der Waals surface area contributed by atoms with E-state index in [9.17, 15) is 13.2 Å². The Hall–Kier alpha value is -1.78. The molecule has 0 aliphatic carbocycles. The molecule has 0 fully saturated rings. The van der Waals surface area contributed by atoms with Crippen LogP contribution in [-0.4, -0.2) is 17.9 Å². The molecule has 0 unspecified atom stereocenters. The molecule has 0 aromatic heterocycles. The minimum atomic E-state index is -4.43. The SMILES string of the molecule is C=NN(Cc1ccccc1)/C(=C\C)C(F)(F)F. The number of rotatable bonds is 4. The van der Waals surface area contributed by atoms with Gasteiger partial charge in [0, 0.05) is 6.72 Å². The topological polar surface area (TPSA) is 15.6 Å². The Morgan fingerprint density at radius 1 is 1.35 bits per heavy atom. The van der Waals surface area contributed by atoms with Gasteiger partial charge in [0.25, 0.3) is 0 Å². The molecule has 92 valence electrons. The first-order valence-corrected chi connectivity index (χ1v) is 5.00. The van der Waals surface area contributed by atoms with Crippen LogP contribution in [-0.2, 0) is 6.54 Å². The van der Waals surface area contributed by atoms with Crippen LogP contribution in [0.3, 0.4) is 0 Å². The van der Waals surface area contributed by atoms with Gasteiger partial charge in [-0.1, -0.05) is 36.4 Å². The second-order valence-corrected chi connectivity index (χ2v) is 3.36. The van der Waals surface area contributed by atoms with Crippen molar-refractivity contribution in [2.24, 2.45) is 5.10 Å². The number of nitrogens with zero attached hydrogens (tertiary/aromatic N) is 2. The van der Waals surface area contributed by atoms with Crippen molar-refractivity contribution in [3.63, 3.8) is 0 Å². The lowest BCUT2D eigenvalue weighted by molar-refractivity contribution is -0.112. The summed E-state index contributed by atoms with van der Waals surface area (Å²) in [5, 5.41) is 4.26. The maximum absolute atomic E-state index is 12.7. The smallest absolute Gasteiger partial charge is 0.257 e. The number of hydrogen-bond donors (Lipinski definition) is 0. The highest BCUT2D eigenvalue weighted by Crippen LogP contribution is 2.29. The molecule has 1 rings (SSSR count). The molecular weight excluding hydrogens is 229 g/mol. The second kappa shape index (κ2) is 5.52. The monoisotopic (exact) mass is 242 g/mol. The van der Waals surface area contributed by atoms with Gasteiger partial charge in [-0.15, -0.1) is 0 Å². The maximum Gasteiger partial charge on any atom is 0.432 e. The highest BCUT2D eigenvalue weighted by atomic mass is 19.4. The van der Waals surface area contributed by atoms with Gasteiger partial charge in [0.2, 0.25) is 0 Å². The number of alkyl halides is 3. The molecule has 17 heavy (non-hydrogen) atoms. The molecule has 0 atom stereocenters. The molecule has 0 bridgehead atoms. The van der Waals surface area contributed by atoms with Gasteiger partial charge in [-0.2, -0.15) is 18.3 Å². The van der Waals surface area contributed by atoms with Gasteiger partial charge in [0.1, 0.15) is 5.70 Å². The number of hydrogen-bond acceptors (Lipinski definition) is 2. The van der Waals surface area contributed by atoms with Crippen LogP contribution in [0.2, 0.25) is 0 Å². The summed E-state index contributed by atoms with van der Waals surface area (Å²) in [4.78, 5) is 0. The third-order valence-corrected chi connectivity index (χ3v) is 2.19. The van der Waals surface area contributed by atoms with Crippen molar-refractivity contribution in [2.75, 3.05) is 0 Å². The van der Waals surface area contributed by atoms with E-state index < -0.39 is 11.9 Å². The lowest BCUT2D eigenvalue weighted by Crippen LogP contribution is -2.27. The fourth-order valence-corrected chi connectivity index (χ4v) is 1.43. The van der Waals surface area contributed by atoms with Gasteiger partial charge in [-0.25, -0.2) is 0 Å². The lowest BCUT2D eigenvalue weighted by atomic mass is 10.2. The molecular formula is C12H13F3N2. The Bertz CT molecular complexity index is 396. The van der Waals surface area contributed by atoms with Gasteiger partial charge in [0.05, 0.1) is 6.54 Å². The molecule has 5 heteroatoms. The van der Waals surface area contributed by atoms with Crippen molar-refractivity contribution in [1.29, 1.82) is 0 Å². The van der Waals surface area contributed by atoms with E-state index in [0.717, 1.165) is 16.6 Å². The minimum absolute atomic E-state index is 0.0452. The van der Waals surface area contributed by atoms with E-state index in [0.29, 0.717) is 0 Å². The third-order valence-electron chi connectivity index (χ3n) is 2.19. The number of hydrazone groups is 1. The van der Waals surface area contributed by atoms with Crippen molar-refractivity contribution in [2.45, 2.75) is 19.6 Å². The summed E-state index contributed by atoms with van der Waals surface area (Å²) in [5.41, 5.74) is -0.0696. The molecule has 0 aliphatic heterocycles. The quantitative estimate of drug-likeness (QED) is 0.582. The minimum Gasteiger partial charge on any atom is -0.257 e. The molecule has 0 heterocycles. The van der Waals surface area contributed by atoms with E-state index in [4.69, 9.17) is 0 Å². The fraction of sp³-hybridized carbons (Fsp3) is 0.250. The average molecular weight is 242 g/mol. The van der Waals surface area contributed by atoms with Crippen molar-refractivity contribution >= 4 is 6.72 Å². The molecule has 2 nitrogen and oxygen atoms in total. The van der Waals surface area contributed by atoms with Crippen molar-refractivity contribution < 1.29 is 13.2 Å². The van der Waals surface area contributed by atoms with E-state index >= 15 is 0 Å². The van der Waals surface area contributed by atoms with Gasteiger partial charge in [-0.3, -0.25) is 5.01 Å². The number of allylic oxidation sites excluding steroid dienone is 2. The first-order chi connectivity index (χ1) is 7.99. The van der Waals surface area contributed by atoms with E-state index in [-0.39, 0.29) is 6.54 Å². The van der Waals surface area contributed by atoms with Gasteiger partial charge < -0.3 is 0 Å². The van der Waals surface area contributed by atoms with Crippen LogP contribution in [0, 0.1) is 0 Å². The molecule has 0 radical (unpaired) electrons. The second-order valence-electron chi connectivity index (χ2n) is 3.36. The Balaban J connectivity index is 2.90. The van der Waals surface area contributed by atoms with Gasteiger partial charge >= 0.3 is 6.18 Å². The van der Waals surface area contributed by atoms with E-state index in [1.54, 1.807) is 30.3 Å². The van der Waals surface area contributed by atoms with Crippen molar-refractivity contribution in [3.8, 4) is 0 Å². The van der Waals surface area contributed by atoms with Crippen LogP contribution in [0.5, 0.6) is 0 Å². The lowest BCUT2D eigenvalue weighted by Gasteiger charge is -2.23. The Morgan fingerprint density at radius 2 is 1.94 bits per heavy atom. The largest absolute Gasteiger partial charge is 0.432 e. The van der Waals surface area contributed by atoms with Crippen LogP contribution < -0.4 is 0 Å². The first kappa shape index (κ1) is 13.3. The summed E-state index contributed by atoms with van der Waals surface area (Å²) >= 11 is 0. The average Bonchev–Trinajstić information content (AvgIpc) is 2.28. The Morgan fingerprint density at radius 3 is 2.35 bits per heavy atom. The van der Waals surface area contributed by atoms with E-state index in [2.05, 4.69) is 11.8 Å². The van der Waals surface area contributed by atoms with Gasteiger partial charge in [-0.05, 0) is 12.5 Å². The zero-order valence-corrected chi connectivity index (χ0v) is 9.41. The predicted molar refractivity (Wildman–Crippen MR) is 61.3 cm³/mol. The summed E-state index contributed by atoms with van der Waals surface area (Å²) in [6, 6.07) is 8.80. The third kappa shape index (κ3) is 3.62.